The van der Waals surface area contributed by atoms with Crippen LogP contribution in [-0.4, -0.2) is 4.98 Å². The van der Waals surface area contributed by atoms with E-state index in [2.05, 4.69) is 38.4 Å². The van der Waals surface area contributed by atoms with Crippen molar-refractivity contribution < 1.29 is 0 Å². The zero-order chi connectivity index (χ0) is 12.1. The van der Waals surface area contributed by atoms with Crippen molar-refractivity contribution >= 4 is 21.6 Å². The predicted octanol–water partition coefficient (Wildman–Crippen LogP) is 3.53. The molecule has 0 unspecified atom stereocenters. The summed E-state index contributed by atoms with van der Waals surface area (Å²) >= 11 is 3.35. The van der Waals surface area contributed by atoms with E-state index in [0.29, 0.717) is 5.69 Å². The van der Waals surface area contributed by atoms with Crippen LogP contribution < -0.4 is 5.32 Å². The smallest absolute Gasteiger partial charge is 0.163 e. The molecule has 1 aromatic rings. The summed E-state index contributed by atoms with van der Waals surface area (Å²) in [7, 11) is 0. The lowest BCUT2D eigenvalue weighted by atomic mass is 10.2. The normalized spacial score (nSPS) is 13.8. The first-order valence-electron chi connectivity index (χ1n) is 5.14. The van der Waals surface area contributed by atoms with Crippen molar-refractivity contribution in [3.8, 4) is 6.07 Å². The minimum absolute atomic E-state index is 0.395. The summed E-state index contributed by atoms with van der Waals surface area (Å²) in [6.07, 6.45) is 12.4. The van der Waals surface area contributed by atoms with Crippen LogP contribution in [0.1, 0.15) is 12.1 Å². The standard InChI is InChI=1S/C13H10BrN3/c14-10-7-12(13(8-15)16-9-10)17-11-5-3-1-2-4-6-11/h1-5,7,9,17H,6H2. The van der Waals surface area contributed by atoms with Crippen LogP contribution in [0.15, 0.2) is 52.8 Å². The van der Waals surface area contributed by atoms with E-state index >= 15 is 0 Å². The highest BCUT2D eigenvalue weighted by molar-refractivity contribution is 9.10. The Bertz CT molecular complexity index is 550. The van der Waals surface area contributed by atoms with Crippen LogP contribution in [0.3, 0.4) is 0 Å². The molecule has 0 saturated heterocycles. The van der Waals surface area contributed by atoms with E-state index in [0.717, 1.165) is 22.3 Å². The van der Waals surface area contributed by atoms with Gasteiger partial charge >= 0.3 is 0 Å². The number of aromatic nitrogens is 1. The highest BCUT2D eigenvalue weighted by atomic mass is 79.9. The Kier molecular flexibility index (Phi) is 3.73. The summed E-state index contributed by atoms with van der Waals surface area (Å²) in [5.74, 6) is 0. The number of anilines is 1. The Morgan fingerprint density at radius 3 is 3.06 bits per heavy atom. The fourth-order valence-corrected chi connectivity index (χ4v) is 1.80. The maximum absolute atomic E-state index is 8.98. The van der Waals surface area contributed by atoms with Gasteiger partial charge in [0.1, 0.15) is 6.07 Å². The summed E-state index contributed by atoms with van der Waals surface area (Å²) in [5, 5.41) is 12.2. The van der Waals surface area contributed by atoms with Gasteiger partial charge < -0.3 is 5.32 Å². The number of allylic oxidation sites excluding steroid dienone is 5. The van der Waals surface area contributed by atoms with Crippen molar-refractivity contribution in [3.05, 3.63) is 58.5 Å². The molecule has 0 spiro atoms. The molecule has 3 nitrogen and oxygen atoms in total. The SMILES string of the molecule is N#Cc1ncc(Br)cc1NC1=CC=CC=CC1. The van der Waals surface area contributed by atoms with Crippen LogP contribution in [0.2, 0.25) is 0 Å². The molecule has 17 heavy (non-hydrogen) atoms. The average molecular weight is 288 g/mol. The van der Waals surface area contributed by atoms with E-state index in [-0.39, 0.29) is 0 Å². The second-order valence-corrected chi connectivity index (χ2v) is 4.41. The number of pyridine rings is 1. The monoisotopic (exact) mass is 287 g/mol. The number of halogens is 1. The topological polar surface area (TPSA) is 48.7 Å². The average Bonchev–Trinajstić information content (AvgIpc) is 2.58. The molecule has 0 bridgehead atoms. The zero-order valence-corrected chi connectivity index (χ0v) is 10.6. The molecule has 1 heterocycles. The van der Waals surface area contributed by atoms with Gasteiger partial charge in [0.2, 0.25) is 0 Å². The van der Waals surface area contributed by atoms with E-state index in [9.17, 15) is 0 Å². The summed E-state index contributed by atoms with van der Waals surface area (Å²) < 4.78 is 0.847. The van der Waals surface area contributed by atoms with Crippen molar-refractivity contribution in [3.63, 3.8) is 0 Å². The highest BCUT2D eigenvalue weighted by Gasteiger charge is 2.05. The van der Waals surface area contributed by atoms with Crippen molar-refractivity contribution in [2.75, 3.05) is 5.32 Å². The van der Waals surface area contributed by atoms with E-state index in [1.54, 1.807) is 6.20 Å². The first kappa shape index (κ1) is 11.6. The van der Waals surface area contributed by atoms with Crippen LogP contribution >= 0.6 is 15.9 Å². The quantitative estimate of drug-likeness (QED) is 0.905. The van der Waals surface area contributed by atoms with Crippen LogP contribution in [0, 0.1) is 11.3 Å². The van der Waals surface area contributed by atoms with Crippen LogP contribution in [0.5, 0.6) is 0 Å². The molecular weight excluding hydrogens is 278 g/mol. The summed E-state index contributed by atoms with van der Waals surface area (Å²) in [6, 6.07) is 3.92. The Balaban J connectivity index is 2.27. The lowest BCUT2D eigenvalue weighted by Crippen LogP contribution is -2.01. The number of nitrogens with zero attached hydrogens (tertiary/aromatic N) is 2. The first-order chi connectivity index (χ1) is 8.29. The van der Waals surface area contributed by atoms with Gasteiger partial charge in [-0.15, -0.1) is 0 Å². The molecule has 0 aromatic carbocycles. The van der Waals surface area contributed by atoms with Crippen LogP contribution in [-0.2, 0) is 0 Å². The number of rotatable bonds is 2. The fourth-order valence-electron chi connectivity index (χ4n) is 1.47. The third-order valence-corrected chi connectivity index (χ3v) is 2.68. The molecule has 2 rings (SSSR count). The van der Waals surface area contributed by atoms with E-state index in [1.165, 1.54) is 0 Å². The van der Waals surface area contributed by atoms with Gasteiger partial charge in [0, 0.05) is 22.8 Å². The third kappa shape index (κ3) is 3.05. The van der Waals surface area contributed by atoms with E-state index < -0.39 is 0 Å². The lowest BCUT2D eigenvalue weighted by molar-refractivity contribution is 1.18. The van der Waals surface area contributed by atoms with Crippen molar-refractivity contribution in [1.82, 2.24) is 4.98 Å². The Morgan fingerprint density at radius 1 is 1.35 bits per heavy atom. The summed E-state index contributed by atoms with van der Waals surface area (Å²) in [5.41, 5.74) is 2.15. The fraction of sp³-hybridized carbons (Fsp3) is 0.0769. The van der Waals surface area contributed by atoms with Gasteiger partial charge in [-0.25, -0.2) is 4.98 Å². The predicted molar refractivity (Wildman–Crippen MR) is 71.3 cm³/mol. The molecule has 1 aliphatic carbocycles. The molecule has 0 atom stereocenters. The van der Waals surface area contributed by atoms with E-state index in [1.807, 2.05) is 30.4 Å². The second kappa shape index (κ2) is 5.46. The van der Waals surface area contributed by atoms with E-state index in [4.69, 9.17) is 5.26 Å². The molecule has 1 aliphatic rings. The maximum Gasteiger partial charge on any atom is 0.163 e. The molecule has 0 radical (unpaired) electrons. The van der Waals surface area contributed by atoms with Gasteiger partial charge in [-0.3, -0.25) is 0 Å². The van der Waals surface area contributed by atoms with Gasteiger partial charge in [-0.2, -0.15) is 5.26 Å². The number of nitrogens with one attached hydrogen (secondary N) is 1. The maximum atomic E-state index is 8.98. The van der Waals surface area contributed by atoms with Gasteiger partial charge in [0.05, 0.1) is 5.69 Å². The number of nitriles is 1. The Morgan fingerprint density at radius 2 is 2.24 bits per heavy atom. The molecule has 0 saturated carbocycles. The highest BCUT2D eigenvalue weighted by Crippen LogP contribution is 2.21. The second-order valence-electron chi connectivity index (χ2n) is 3.50. The van der Waals surface area contributed by atoms with Gasteiger partial charge in [-0.05, 0) is 28.1 Å². The zero-order valence-electron chi connectivity index (χ0n) is 9.02. The summed E-state index contributed by atoms with van der Waals surface area (Å²) in [4.78, 5) is 4.05. The Labute approximate surface area is 108 Å². The van der Waals surface area contributed by atoms with Crippen LogP contribution in [0.25, 0.3) is 0 Å². The molecule has 84 valence electrons. The van der Waals surface area contributed by atoms with Crippen molar-refractivity contribution in [2.45, 2.75) is 6.42 Å². The molecule has 0 fully saturated rings. The number of hydrogen-bond donors (Lipinski definition) is 1. The summed E-state index contributed by atoms with van der Waals surface area (Å²) in [6.45, 7) is 0. The molecule has 1 N–H and O–H groups in total. The lowest BCUT2D eigenvalue weighted by Gasteiger charge is -2.09. The number of hydrogen-bond acceptors (Lipinski definition) is 3. The van der Waals surface area contributed by atoms with Gasteiger partial charge in [-0.1, -0.05) is 24.3 Å². The van der Waals surface area contributed by atoms with Crippen molar-refractivity contribution in [2.24, 2.45) is 0 Å². The Hall–Kier alpha value is -1.86. The molecule has 4 heteroatoms. The van der Waals surface area contributed by atoms with Crippen LogP contribution in [0.4, 0.5) is 5.69 Å². The van der Waals surface area contributed by atoms with Crippen molar-refractivity contribution in [1.29, 1.82) is 5.26 Å². The minimum atomic E-state index is 0.395. The molecule has 0 aliphatic heterocycles. The first-order valence-corrected chi connectivity index (χ1v) is 5.94. The molecule has 1 aromatic heterocycles. The minimum Gasteiger partial charge on any atom is -0.356 e. The van der Waals surface area contributed by atoms with Gasteiger partial charge in [0.25, 0.3) is 0 Å². The molecular formula is C13H10BrN3. The largest absolute Gasteiger partial charge is 0.356 e. The molecule has 0 amide bonds. The third-order valence-electron chi connectivity index (χ3n) is 2.25. The van der Waals surface area contributed by atoms with Gasteiger partial charge in [0.15, 0.2) is 5.69 Å².